The maximum atomic E-state index is 12.9. The van der Waals surface area contributed by atoms with E-state index in [2.05, 4.69) is 0 Å². The van der Waals surface area contributed by atoms with Crippen LogP contribution >= 0.6 is 0 Å². The molecule has 16 atom stereocenters. The predicted molar refractivity (Wildman–Crippen MR) is 200 cm³/mol. The van der Waals surface area contributed by atoms with Gasteiger partial charge in [-0.15, -0.1) is 0 Å². The molecule has 0 aromatic carbocycles. The molecule has 3 rings (SSSR count). The molecule has 2 fully saturated rings. The van der Waals surface area contributed by atoms with Gasteiger partial charge in [0.25, 0.3) is 0 Å². The molecule has 2 saturated heterocycles. The first-order valence-corrected chi connectivity index (χ1v) is 19.4. The summed E-state index contributed by atoms with van der Waals surface area (Å²) in [6.07, 6.45) is -3.11. The lowest BCUT2D eigenvalue weighted by Gasteiger charge is -2.51. The van der Waals surface area contributed by atoms with Gasteiger partial charge in [-0.2, -0.15) is 0 Å². The van der Waals surface area contributed by atoms with Crippen LogP contribution in [-0.2, 0) is 52.3 Å². The molecule has 3 aliphatic rings. The lowest BCUT2D eigenvalue weighted by atomic mass is 9.82. The van der Waals surface area contributed by atoms with Crippen molar-refractivity contribution in [3.8, 4) is 0 Å². The smallest absolute Gasteiger partial charge is 0.308 e. The first-order valence-electron chi connectivity index (χ1n) is 19.4. The van der Waals surface area contributed by atoms with Gasteiger partial charge in [-0.1, -0.05) is 45.1 Å². The number of nitrogens with zero attached hydrogens (tertiary/aromatic N) is 1. The molecule has 3 heterocycles. The third-order valence-corrected chi connectivity index (χ3v) is 10.9. The zero-order valence-corrected chi connectivity index (χ0v) is 34.4. The van der Waals surface area contributed by atoms with Crippen molar-refractivity contribution in [2.24, 2.45) is 17.8 Å². The monoisotopic (exact) mass is 785 g/mol. The van der Waals surface area contributed by atoms with E-state index in [1.54, 1.807) is 79.0 Å². The van der Waals surface area contributed by atoms with Crippen LogP contribution in [-0.4, -0.2) is 152 Å². The molecule has 1 unspecified atom stereocenters. The Morgan fingerprint density at radius 1 is 1.02 bits per heavy atom. The van der Waals surface area contributed by atoms with Gasteiger partial charge in [0.1, 0.15) is 36.3 Å². The lowest BCUT2D eigenvalue weighted by Crippen LogP contribution is -2.66. The molecule has 0 radical (unpaired) electrons. The Kier molecular flexibility index (Phi) is 18.4. The first kappa shape index (κ1) is 47.1. The summed E-state index contributed by atoms with van der Waals surface area (Å²) in [4.78, 5) is 39.4. The average Bonchev–Trinajstić information content (AvgIpc) is 3.10. The molecule has 0 aromatic rings. The molecule has 0 amide bonds. The van der Waals surface area contributed by atoms with E-state index in [9.17, 15) is 29.7 Å². The Morgan fingerprint density at radius 3 is 2.31 bits per heavy atom. The third kappa shape index (κ3) is 12.6. The molecule has 0 aliphatic carbocycles. The van der Waals surface area contributed by atoms with E-state index in [1.165, 1.54) is 7.11 Å². The number of aliphatic hydroxyl groups is 3. The quantitative estimate of drug-likeness (QED) is 0.205. The zero-order chi connectivity index (χ0) is 41.2. The summed E-state index contributed by atoms with van der Waals surface area (Å²) in [5.41, 5.74) is -0.945. The van der Waals surface area contributed by atoms with Crippen LogP contribution < -0.4 is 0 Å². The predicted octanol–water partition coefficient (Wildman–Crippen LogP) is 2.71. The van der Waals surface area contributed by atoms with Crippen molar-refractivity contribution in [3.63, 3.8) is 0 Å². The molecule has 3 aliphatic heterocycles. The molecular weight excluding hydrogens is 718 g/mol. The van der Waals surface area contributed by atoms with Crippen LogP contribution in [0.2, 0.25) is 0 Å². The highest BCUT2D eigenvalue weighted by molar-refractivity contribution is 5.72. The summed E-state index contributed by atoms with van der Waals surface area (Å²) < 4.78 is 48.8. The summed E-state index contributed by atoms with van der Waals surface area (Å²) in [6.45, 7) is 12.5. The van der Waals surface area contributed by atoms with Crippen molar-refractivity contribution in [2.75, 3.05) is 28.3 Å². The maximum Gasteiger partial charge on any atom is 0.308 e. The van der Waals surface area contributed by atoms with Crippen molar-refractivity contribution in [1.82, 2.24) is 4.90 Å². The van der Waals surface area contributed by atoms with Crippen molar-refractivity contribution in [2.45, 2.75) is 166 Å². The maximum absolute atomic E-state index is 12.9. The van der Waals surface area contributed by atoms with Gasteiger partial charge >= 0.3 is 11.9 Å². The number of esters is 2. The van der Waals surface area contributed by atoms with E-state index in [-0.39, 0.29) is 37.1 Å². The second-order valence-corrected chi connectivity index (χ2v) is 16.0. The average molecular weight is 786 g/mol. The number of aldehydes is 1. The molecule has 15 nitrogen and oxygen atoms in total. The Morgan fingerprint density at radius 2 is 1.71 bits per heavy atom. The minimum absolute atomic E-state index is 0.0381. The molecule has 15 heteroatoms. The minimum Gasteiger partial charge on any atom is -0.462 e. The number of hydrogen-bond acceptors (Lipinski definition) is 15. The van der Waals surface area contributed by atoms with Gasteiger partial charge in [0.15, 0.2) is 18.7 Å². The second-order valence-electron chi connectivity index (χ2n) is 16.0. The second kappa shape index (κ2) is 21.4. The van der Waals surface area contributed by atoms with E-state index < -0.39 is 104 Å². The molecular formula is C40H67NO14. The number of carbonyl (C=O) groups is 3. The Bertz CT molecular complexity index is 1280. The summed E-state index contributed by atoms with van der Waals surface area (Å²) in [5.74, 6) is -2.36. The molecule has 0 saturated carbocycles. The van der Waals surface area contributed by atoms with E-state index in [4.69, 9.17) is 37.9 Å². The van der Waals surface area contributed by atoms with Gasteiger partial charge in [-0.25, -0.2) is 0 Å². The van der Waals surface area contributed by atoms with Gasteiger partial charge < -0.3 is 62.9 Å². The molecule has 55 heavy (non-hydrogen) atoms. The number of carbonyl (C=O) groups excluding carboxylic acids is 3. The number of rotatable bonds is 11. The highest BCUT2D eigenvalue weighted by Gasteiger charge is 2.53. The number of aliphatic hydroxyl groups excluding tert-OH is 3. The highest BCUT2D eigenvalue weighted by atomic mass is 16.7. The largest absolute Gasteiger partial charge is 0.462 e. The van der Waals surface area contributed by atoms with Gasteiger partial charge in [-0.05, 0) is 60.0 Å². The van der Waals surface area contributed by atoms with Gasteiger partial charge in [0.05, 0.1) is 48.9 Å². The summed E-state index contributed by atoms with van der Waals surface area (Å²) in [7, 11) is 6.47. The van der Waals surface area contributed by atoms with Crippen LogP contribution in [0, 0.1) is 17.8 Å². The fraction of sp³-hybridized carbons (Fsp3) is 0.825. The topological polar surface area (TPSA) is 189 Å². The molecule has 3 N–H and O–H groups in total. The number of ether oxygens (including phenoxy) is 8. The normalized spacial score (nSPS) is 42.4. The third-order valence-electron chi connectivity index (χ3n) is 10.9. The molecule has 316 valence electrons. The molecule has 0 spiro atoms. The molecule has 0 bridgehead atoms. The lowest BCUT2D eigenvalue weighted by molar-refractivity contribution is -0.345. The fourth-order valence-corrected chi connectivity index (χ4v) is 7.70. The number of cyclic esters (lactones) is 1. The number of allylic oxidation sites excluding steroid dienone is 2. The van der Waals surface area contributed by atoms with Gasteiger partial charge in [-0.3, -0.25) is 9.59 Å². The summed E-state index contributed by atoms with van der Waals surface area (Å²) >= 11 is 0. The van der Waals surface area contributed by atoms with E-state index in [1.807, 2.05) is 19.9 Å². The zero-order valence-electron chi connectivity index (χ0n) is 34.4. The Balaban J connectivity index is 1.93. The van der Waals surface area contributed by atoms with E-state index in [0.29, 0.717) is 6.42 Å². The SMILES string of the molecule is COC1[C@H](O)CC(=O)O[C@H](C)C/C=C/C=C/[C@H](O)[C@H](C)C[C@H](CC=O)[C@@H]1O[C@@H]1O[C@H](C)[C@@H](O[C@H]2C[C@@](C)(OC)[C@@H](OC(=O)C(C)C)[C@H](C)O2)[C@H](N(C)C)[C@H]1O. The van der Waals surface area contributed by atoms with Crippen molar-refractivity contribution in [1.29, 1.82) is 0 Å². The Labute approximate surface area is 326 Å². The fourth-order valence-electron chi connectivity index (χ4n) is 7.70. The van der Waals surface area contributed by atoms with Crippen molar-refractivity contribution < 1.29 is 67.6 Å². The van der Waals surface area contributed by atoms with Crippen molar-refractivity contribution >= 4 is 18.2 Å². The highest BCUT2D eigenvalue weighted by Crippen LogP contribution is 2.38. The standard InChI is InChI=1S/C40H67NO14/c1-22(2)38(47)55-37-26(6)51-31(21-40(37,7)49-11)53-34-25(5)52-39(33(46)32(34)41(8)9)54-35-27(17-18-42)19-23(3)28(43)16-14-12-13-15-24(4)50-30(45)20-29(44)36(35)48-10/h12-14,16,18,22-29,31-37,39,43-44,46H,15,17,19-21H2,1-11H3/b13-12+,16-14+/t23-,24-,25-,26+,27+,28+,29-,31+,32-,33-,34-,35+,36?,37+,39+,40-/m1/s1. The van der Waals surface area contributed by atoms with Crippen molar-refractivity contribution in [3.05, 3.63) is 24.3 Å². The number of hydrogen-bond donors (Lipinski definition) is 3. The van der Waals surface area contributed by atoms with Crippen LogP contribution in [0.3, 0.4) is 0 Å². The van der Waals surface area contributed by atoms with Gasteiger partial charge in [0, 0.05) is 33.5 Å². The van der Waals surface area contributed by atoms with Crippen LogP contribution in [0.25, 0.3) is 0 Å². The Hall–Kier alpha value is -2.31. The van der Waals surface area contributed by atoms with Crippen LogP contribution in [0.4, 0.5) is 0 Å². The van der Waals surface area contributed by atoms with E-state index >= 15 is 0 Å². The van der Waals surface area contributed by atoms with Gasteiger partial charge in [0.2, 0.25) is 0 Å². The number of methoxy groups -OCH3 is 2. The van der Waals surface area contributed by atoms with Crippen LogP contribution in [0.1, 0.15) is 80.6 Å². The van der Waals surface area contributed by atoms with Crippen LogP contribution in [0.15, 0.2) is 24.3 Å². The summed E-state index contributed by atoms with van der Waals surface area (Å²) in [6, 6.07) is -0.713. The van der Waals surface area contributed by atoms with E-state index in [0.717, 1.165) is 6.29 Å². The number of likely N-dealkylation sites (N-methyl/N-ethyl adjacent to an activating group) is 1. The molecule has 0 aromatic heterocycles. The van der Waals surface area contributed by atoms with Crippen LogP contribution in [0.5, 0.6) is 0 Å². The summed E-state index contributed by atoms with van der Waals surface area (Å²) in [5, 5.41) is 34.4. The minimum atomic E-state index is -1.42. The first-order chi connectivity index (χ1) is 25.9.